The molecular formula is C15H25N3. The van der Waals surface area contributed by atoms with Gasteiger partial charge in [0, 0.05) is 17.9 Å². The van der Waals surface area contributed by atoms with Crippen molar-refractivity contribution in [2.24, 2.45) is 11.7 Å². The van der Waals surface area contributed by atoms with Gasteiger partial charge in [-0.05, 0) is 44.4 Å². The standard InChI is InChI=1S/C15H25N3/c16-14-8-5-7-13(10-14)6-3-1-2-4-9-15-11-17-12-18-15/h1-2,11-14H,3-10,16H2,(H,17,18)/b2-1-/t13-,14+/m1/s1. The van der Waals surface area contributed by atoms with Crippen molar-refractivity contribution < 1.29 is 0 Å². The second-order valence-electron chi connectivity index (χ2n) is 5.46. The third-order valence-corrected chi connectivity index (χ3v) is 3.87. The summed E-state index contributed by atoms with van der Waals surface area (Å²) in [5, 5.41) is 0. The van der Waals surface area contributed by atoms with Crippen LogP contribution in [0.25, 0.3) is 0 Å². The smallest absolute Gasteiger partial charge is 0.0921 e. The van der Waals surface area contributed by atoms with E-state index in [9.17, 15) is 0 Å². The third-order valence-electron chi connectivity index (χ3n) is 3.87. The van der Waals surface area contributed by atoms with Crippen molar-refractivity contribution in [1.82, 2.24) is 9.97 Å². The van der Waals surface area contributed by atoms with Gasteiger partial charge in [-0.15, -0.1) is 0 Å². The van der Waals surface area contributed by atoms with E-state index in [1.54, 1.807) is 6.33 Å². The van der Waals surface area contributed by atoms with Gasteiger partial charge in [0.05, 0.1) is 6.33 Å². The molecule has 0 spiro atoms. The Labute approximate surface area is 110 Å². The Kier molecular flexibility index (Phi) is 5.46. The van der Waals surface area contributed by atoms with Crippen LogP contribution in [0.4, 0.5) is 0 Å². The van der Waals surface area contributed by atoms with Gasteiger partial charge in [-0.25, -0.2) is 4.98 Å². The molecule has 1 heterocycles. The summed E-state index contributed by atoms with van der Waals surface area (Å²) in [5.41, 5.74) is 7.22. The van der Waals surface area contributed by atoms with E-state index in [1.807, 2.05) is 6.20 Å². The van der Waals surface area contributed by atoms with E-state index < -0.39 is 0 Å². The molecule has 0 aromatic carbocycles. The van der Waals surface area contributed by atoms with Crippen molar-refractivity contribution in [1.29, 1.82) is 0 Å². The molecule has 1 fully saturated rings. The number of aromatic nitrogens is 2. The molecular weight excluding hydrogens is 222 g/mol. The summed E-state index contributed by atoms with van der Waals surface area (Å²) in [4.78, 5) is 7.14. The molecule has 0 saturated heterocycles. The van der Waals surface area contributed by atoms with E-state index in [1.165, 1.54) is 44.2 Å². The van der Waals surface area contributed by atoms with Crippen LogP contribution in [0.5, 0.6) is 0 Å². The van der Waals surface area contributed by atoms with Crippen molar-refractivity contribution in [2.75, 3.05) is 0 Å². The van der Waals surface area contributed by atoms with Gasteiger partial charge < -0.3 is 10.7 Å². The van der Waals surface area contributed by atoms with E-state index in [2.05, 4.69) is 22.1 Å². The highest BCUT2D eigenvalue weighted by Gasteiger charge is 2.17. The maximum atomic E-state index is 6.00. The summed E-state index contributed by atoms with van der Waals surface area (Å²) < 4.78 is 0. The topological polar surface area (TPSA) is 54.7 Å². The highest BCUT2D eigenvalue weighted by atomic mass is 14.9. The molecule has 0 aliphatic heterocycles. The first kappa shape index (κ1) is 13.3. The second-order valence-corrected chi connectivity index (χ2v) is 5.46. The molecule has 1 aliphatic carbocycles. The lowest BCUT2D eigenvalue weighted by atomic mass is 9.83. The van der Waals surface area contributed by atoms with Crippen molar-refractivity contribution >= 4 is 0 Å². The van der Waals surface area contributed by atoms with E-state index in [-0.39, 0.29) is 0 Å². The highest BCUT2D eigenvalue weighted by molar-refractivity contribution is 4.96. The second kappa shape index (κ2) is 7.37. The lowest BCUT2D eigenvalue weighted by Gasteiger charge is -2.26. The molecule has 2 atom stereocenters. The van der Waals surface area contributed by atoms with Crippen molar-refractivity contribution in [2.45, 2.75) is 57.4 Å². The van der Waals surface area contributed by atoms with E-state index in [4.69, 9.17) is 5.73 Å². The maximum Gasteiger partial charge on any atom is 0.0921 e. The van der Waals surface area contributed by atoms with Crippen molar-refractivity contribution in [3.8, 4) is 0 Å². The summed E-state index contributed by atoms with van der Waals surface area (Å²) in [7, 11) is 0. The molecule has 3 heteroatoms. The minimum atomic E-state index is 0.466. The molecule has 0 radical (unpaired) electrons. The molecule has 18 heavy (non-hydrogen) atoms. The first-order chi connectivity index (χ1) is 8.84. The predicted molar refractivity (Wildman–Crippen MR) is 75.2 cm³/mol. The Bertz CT molecular complexity index is 343. The molecule has 0 unspecified atom stereocenters. The Morgan fingerprint density at radius 3 is 3.00 bits per heavy atom. The van der Waals surface area contributed by atoms with E-state index in [0.717, 1.165) is 18.8 Å². The van der Waals surface area contributed by atoms with Gasteiger partial charge in [0.15, 0.2) is 0 Å². The summed E-state index contributed by atoms with van der Waals surface area (Å²) >= 11 is 0. The van der Waals surface area contributed by atoms with Crippen LogP contribution in [0.1, 0.15) is 50.6 Å². The Balaban J connectivity index is 1.54. The molecule has 2 rings (SSSR count). The fourth-order valence-corrected chi connectivity index (χ4v) is 2.82. The number of hydrogen-bond acceptors (Lipinski definition) is 2. The average Bonchev–Trinajstić information content (AvgIpc) is 2.87. The monoisotopic (exact) mass is 247 g/mol. The van der Waals surface area contributed by atoms with Crippen LogP contribution in [0.15, 0.2) is 24.7 Å². The van der Waals surface area contributed by atoms with E-state index in [0.29, 0.717) is 6.04 Å². The lowest BCUT2D eigenvalue weighted by Crippen LogP contribution is -2.27. The predicted octanol–water partition coefficient (Wildman–Crippen LogP) is 3.20. The number of nitrogens with two attached hydrogens (primary N) is 1. The van der Waals surface area contributed by atoms with Crippen LogP contribution in [-0.4, -0.2) is 16.0 Å². The molecule has 0 bridgehead atoms. The van der Waals surface area contributed by atoms with Gasteiger partial charge in [-0.2, -0.15) is 0 Å². The zero-order valence-corrected chi connectivity index (χ0v) is 11.1. The van der Waals surface area contributed by atoms with Crippen LogP contribution in [0, 0.1) is 5.92 Å². The molecule has 3 N–H and O–H groups in total. The number of hydrogen-bond donors (Lipinski definition) is 2. The zero-order valence-electron chi connectivity index (χ0n) is 11.1. The normalized spacial score (nSPS) is 24.7. The van der Waals surface area contributed by atoms with Crippen LogP contribution < -0.4 is 5.73 Å². The average molecular weight is 247 g/mol. The SMILES string of the molecule is N[C@H]1CCC[C@@H](CC/C=C\CCc2cnc[nH]2)C1. The summed E-state index contributed by atoms with van der Waals surface area (Å²) in [6.45, 7) is 0. The molecule has 1 aliphatic rings. The highest BCUT2D eigenvalue weighted by Crippen LogP contribution is 2.26. The van der Waals surface area contributed by atoms with Crippen molar-refractivity contribution in [3.05, 3.63) is 30.4 Å². The minimum absolute atomic E-state index is 0.466. The number of H-pyrrole nitrogens is 1. The largest absolute Gasteiger partial charge is 0.348 e. The van der Waals surface area contributed by atoms with Crippen LogP contribution in [0.2, 0.25) is 0 Å². The number of allylic oxidation sites excluding steroid dienone is 2. The minimum Gasteiger partial charge on any atom is -0.348 e. The summed E-state index contributed by atoms with van der Waals surface area (Å²) in [5.74, 6) is 0.867. The lowest BCUT2D eigenvalue weighted by molar-refractivity contribution is 0.308. The molecule has 1 saturated carbocycles. The van der Waals surface area contributed by atoms with Gasteiger partial charge in [0.1, 0.15) is 0 Å². The quantitative estimate of drug-likeness (QED) is 0.758. The first-order valence-corrected chi connectivity index (χ1v) is 7.22. The maximum absolute atomic E-state index is 6.00. The van der Waals surface area contributed by atoms with Gasteiger partial charge >= 0.3 is 0 Å². The van der Waals surface area contributed by atoms with E-state index >= 15 is 0 Å². The van der Waals surface area contributed by atoms with Gasteiger partial charge in [-0.3, -0.25) is 0 Å². The Morgan fingerprint density at radius 2 is 2.22 bits per heavy atom. The number of imidazole rings is 1. The Morgan fingerprint density at radius 1 is 1.33 bits per heavy atom. The number of nitrogens with one attached hydrogen (secondary N) is 1. The number of aryl methyl sites for hydroxylation is 1. The number of rotatable bonds is 6. The van der Waals surface area contributed by atoms with Crippen LogP contribution in [0.3, 0.4) is 0 Å². The molecule has 3 nitrogen and oxygen atoms in total. The molecule has 1 aromatic heterocycles. The third kappa shape index (κ3) is 4.65. The van der Waals surface area contributed by atoms with Gasteiger partial charge in [0.25, 0.3) is 0 Å². The first-order valence-electron chi connectivity index (χ1n) is 7.22. The van der Waals surface area contributed by atoms with Gasteiger partial charge in [-0.1, -0.05) is 25.0 Å². The number of aromatic amines is 1. The van der Waals surface area contributed by atoms with Crippen LogP contribution >= 0.6 is 0 Å². The summed E-state index contributed by atoms with van der Waals surface area (Å²) in [6.07, 6.45) is 18.1. The fourth-order valence-electron chi connectivity index (χ4n) is 2.82. The van der Waals surface area contributed by atoms with Gasteiger partial charge in [0.2, 0.25) is 0 Å². The molecule has 1 aromatic rings. The fraction of sp³-hybridized carbons (Fsp3) is 0.667. The van der Waals surface area contributed by atoms with Crippen molar-refractivity contribution in [3.63, 3.8) is 0 Å². The number of nitrogens with zero attached hydrogens (tertiary/aromatic N) is 1. The molecule has 100 valence electrons. The zero-order chi connectivity index (χ0) is 12.6. The summed E-state index contributed by atoms with van der Waals surface area (Å²) in [6, 6.07) is 0.466. The molecule has 0 amide bonds. The van der Waals surface area contributed by atoms with Crippen LogP contribution in [-0.2, 0) is 6.42 Å². The Hall–Kier alpha value is -1.09.